The molecular formula is C11H24N2O. The fourth-order valence-corrected chi connectivity index (χ4v) is 2.02. The number of hydrogen-bond acceptors (Lipinski definition) is 3. The molecule has 0 amide bonds. The van der Waals surface area contributed by atoms with Crippen LogP contribution in [0, 0.1) is 0 Å². The lowest BCUT2D eigenvalue weighted by Crippen LogP contribution is -2.52. The molecule has 1 rings (SSSR count). The summed E-state index contributed by atoms with van der Waals surface area (Å²) in [5.41, 5.74) is 5.85. The summed E-state index contributed by atoms with van der Waals surface area (Å²) < 4.78 is 5.63. The lowest BCUT2D eigenvalue weighted by atomic mass is 10.1. The van der Waals surface area contributed by atoms with E-state index in [1.165, 1.54) is 12.8 Å². The fourth-order valence-electron chi connectivity index (χ4n) is 2.02. The minimum absolute atomic E-state index is 0.145. The second-order valence-electron chi connectivity index (χ2n) is 4.40. The van der Waals surface area contributed by atoms with E-state index in [1.807, 2.05) is 6.92 Å². The maximum Gasteiger partial charge on any atom is 0.0850 e. The molecule has 2 N–H and O–H groups in total. The van der Waals surface area contributed by atoms with E-state index in [4.69, 9.17) is 10.5 Å². The van der Waals surface area contributed by atoms with Gasteiger partial charge in [0.15, 0.2) is 0 Å². The van der Waals surface area contributed by atoms with Gasteiger partial charge in [-0.2, -0.15) is 0 Å². The summed E-state index contributed by atoms with van der Waals surface area (Å²) in [6, 6.07) is 0.816. The van der Waals surface area contributed by atoms with Crippen LogP contribution < -0.4 is 5.73 Å². The van der Waals surface area contributed by atoms with Gasteiger partial charge in [0, 0.05) is 25.2 Å². The van der Waals surface area contributed by atoms with Crippen molar-refractivity contribution in [3.8, 4) is 0 Å². The van der Waals surface area contributed by atoms with Gasteiger partial charge < -0.3 is 10.5 Å². The Morgan fingerprint density at radius 3 is 2.79 bits per heavy atom. The van der Waals surface area contributed by atoms with Crippen LogP contribution in [0.25, 0.3) is 0 Å². The summed E-state index contributed by atoms with van der Waals surface area (Å²) >= 11 is 0. The molecule has 1 heterocycles. The average molecular weight is 200 g/mol. The molecule has 0 radical (unpaired) electrons. The van der Waals surface area contributed by atoms with Gasteiger partial charge in [0.05, 0.1) is 12.7 Å². The summed E-state index contributed by atoms with van der Waals surface area (Å²) in [5.74, 6) is 0. The van der Waals surface area contributed by atoms with Crippen LogP contribution in [0.15, 0.2) is 0 Å². The first-order chi connectivity index (χ1) is 6.65. The van der Waals surface area contributed by atoms with E-state index in [9.17, 15) is 0 Å². The van der Waals surface area contributed by atoms with Gasteiger partial charge >= 0.3 is 0 Å². The molecule has 3 heteroatoms. The van der Waals surface area contributed by atoms with E-state index in [-0.39, 0.29) is 12.1 Å². The van der Waals surface area contributed by atoms with Crippen LogP contribution in [0.2, 0.25) is 0 Å². The SMILES string of the molecule is CCCC(C)N1CCOC(C(C)N)C1. The van der Waals surface area contributed by atoms with Gasteiger partial charge in [0.25, 0.3) is 0 Å². The first-order valence-corrected chi connectivity index (χ1v) is 5.76. The van der Waals surface area contributed by atoms with E-state index < -0.39 is 0 Å². The van der Waals surface area contributed by atoms with Crippen molar-refractivity contribution in [1.29, 1.82) is 0 Å². The second-order valence-corrected chi connectivity index (χ2v) is 4.40. The Balaban J connectivity index is 2.39. The van der Waals surface area contributed by atoms with E-state index in [2.05, 4.69) is 18.7 Å². The van der Waals surface area contributed by atoms with E-state index in [0.717, 1.165) is 19.7 Å². The number of nitrogens with two attached hydrogens (primary N) is 1. The number of ether oxygens (including phenoxy) is 1. The largest absolute Gasteiger partial charge is 0.374 e. The first kappa shape index (κ1) is 12.0. The average Bonchev–Trinajstić information content (AvgIpc) is 2.18. The lowest BCUT2D eigenvalue weighted by Gasteiger charge is -2.38. The Labute approximate surface area is 87.6 Å². The molecule has 0 aliphatic carbocycles. The molecule has 14 heavy (non-hydrogen) atoms. The molecular weight excluding hydrogens is 176 g/mol. The van der Waals surface area contributed by atoms with Gasteiger partial charge in [-0.25, -0.2) is 0 Å². The van der Waals surface area contributed by atoms with E-state index in [1.54, 1.807) is 0 Å². The maximum absolute atomic E-state index is 5.85. The molecule has 3 atom stereocenters. The number of nitrogens with zero attached hydrogens (tertiary/aromatic N) is 1. The minimum Gasteiger partial charge on any atom is -0.374 e. The molecule has 0 aromatic heterocycles. The quantitative estimate of drug-likeness (QED) is 0.741. The molecule has 84 valence electrons. The standard InChI is InChI=1S/C11H24N2O/c1-4-5-9(2)13-6-7-14-11(8-13)10(3)12/h9-11H,4-8,12H2,1-3H3. The molecule has 3 nitrogen and oxygen atoms in total. The molecule has 0 aromatic carbocycles. The van der Waals surface area contributed by atoms with Crippen LogP contribution in [0.3, 0.4) is 0 Å². The molecule has 1 aliphatic heterocycles. The van der Waals surface area contributed by atoms with E-state index >= 15 is 0 Å². The van der Waals surface area contributed by atoms with Crippen LogP contribution >= 0.6 is 0 Å². The van der Waals surface area contributed by atoms with Gasteiger partial charge in [-0.1, -0.05) is 13.3 Å². The van der Waals surface area contributed by atoms with Crippen LogP contribution in [0.1, 0.15) is 33.6 Å². The van der Waals surface area contributed by atoms with Gasteiger partial charge in [0.1, 0.15) is 0 Å². The zero-order chi connectivity index (χ0) is 10.6. The molecule has 1 fully saturated rings. The highest BCUT2D eigenvalue weighted by Crippen LogP contribution is 2.13. The van der Waals surface area contributed by atoms with Gasteiger partial charge in [-0.15, -0.1) is 0 Å². The summed E-state index contributed by atoms with van der Waals surface area (Å²) in [6.07, 6.45) is 2.75. The summed E-state index contributed by atoms with van der Waals surface area (Å²) in [7, 11) is 0. The zero-order valence-corrected chi connectivity index (χ0v) is 9.70. The van der Waals surface area contributed by atoms with Crippen molar-refractivity contribution < 1.29 is 4.74 Å². The van der Waals surface area contributed by atoms with Gasteiger partial charge in [0.2, 0.25) is 0 Å². The third-order valence-electron chi connectivity index (χ3n) is 3.04. The molecule has 0 aromatic rings. The monoisotopic (exact) mass is 200 g/mol. The summed E-state index contributed by atoms with van der Waals surface area (Å²) in [6.45, 7) is 9.45. The summed E-state index contributed by atoms with van der Waals surface area (Å²) in [5, 5.41) is 0. The third-order valence-corrected chi connectivity index (χ3v) is 3.04. The Kier molecular flexibility index (Phi) is 4.85. The molecule has 0 saturated carbocycles. The van der Waals surface area contributed by atoms with Gasteiger partial charge in [-0.3, -0.25) is 4.90 Å². The molecule has 0 bridgehead atoms. The Hall–Kier alpha value is -0.120. The lowest BCUT2D eigenvalue weighted by molar-refractivity contribution is -0.0502. The van der Waals surface area contributed by atoms with Crippen LogP contribution in [-0.4, -0.2) is 42.8 Å². The highest BCUT2D eigenvalue weighted by atomic mass is 16.5. The number of hydrogen-bond donors (Lipinski definition) is 1. The van der Waals surface area contributed by atoms with Crippen molar-refractivity contribution in [2.75, 3.05) is 19.7 Å². The van der Waals surface area contributed by atoms with Crippen molar-refractivity contribution >= 4 is 0 Å². The Bertz CT molecular complexity index is 161. The second kappa shape index (κ2) is 5.69. The molecule has 0 spiro atoms. The minimum atomic E-state index is 0.145. The first-order valence-electron chi connectivity index (χ1n) is 5.76. The Morgan fingerprint density at radius 1 is 1.50 bits per heavy atom. The predicted octanol–water partition coefficient (Wildman–Crippen LogP) is 1.22. The fraction of sp³-hybridized carbons (Fsp3) is 1.00. The number of morpholine rings is 1. The van der Waals surface area contributed by atoms with Gasteiger partial charge in [-0.05, 0) is 20.3 Å². The van der Waals surface area contributed by atoms with Crippen LogP contribution in [0.5, 0.6) is 0 Å². The zero-order valence-electron chi connectivity index (χ0n) is 9.70. The topological polar surface area (TPSA) is 38.5 Å². The smallest absolute Gasteiger partial charge is 0.0850 e. The summed E-state index contributed by atoms with van der Waals surface area (Å²) in [4.78, 5) is 2.50. The molecule has 1 aliphatic rings. The molecule has 3 unspecified atom stereocenters. The van der Waals surface area contributed by atoms with Crippen molar-refractivity contribution in [3.05, 3.63) is 0 Å². The highest BCUT2D eigenvalue weighted by molar-refractivity contribution is 4.80. The van der Waals surface area contributed by atoms with Crippen LogP contribution in [0.4, 0.5) is 0 Å². The number of rotatable bonds is 4. The highest BCUT2D eigenvalue weighted by Gasteiger charge is 2.25. The Morgan fingerprint density at radius 2 is 2.21 bits per heavy atom. The van der Waals surface area contributed by atoms with Crippen molar-refractivity contribution in [3.63, 3.8) is 0 Å². The third kappa shape index (κ3) is 3.23. The van der Waals surface area contributed by atoms with Crippen molar-refractivity contribution in [1.82, 2.24) is 4.90 Å². The van der Waals surface area contributed by atoms with Crippen LogP contribution in [-0.2, 0) is 4.74 Å². The van der Waals surface area contributed by atoms with E-state index in [0.29, 0.717) is 6.04 Å². The van der Waals surface area contributed by atoms with Crippen molar-refractivity contribution in [2.45, 2.75) is 51.8 Å². The normalized spacial score (nSPS) is 28.7. The molecule has 1 saturated heterocycles. The van der Waals surface area contributed by atoms with Crippen molar-refractivity contribution in [2.24, 2.45) is 5.73 Å². The maximum atomic E-state index is 5.85. The predicted molar refractivity (Wildman–Crippen MR) is 59.3 cm³/mol.